The SMILES string of the molecule is CC(C)(C)c1ccc2[n+](c1)C1(c3ccccc3-2)c2ccccc2-c2c3ccccc3cc[n+]21.CC(C)(C)c1ccc2[n+](c1)C1(c3ccccc3-2)c2ccccc2-c2ccc3ccccc3[n+]21.c1ccc2c(c1)-c1cccc[n+]1C21c2ccccc2-c2ccc3ccccc3[n+]21. The highest BCUT2D eigenvalue weighted by molar-refractivity contribution is 5.95. The molecule has 15 aromatic rings. The van der Waals surface area contributed by atoms with Gasteiger partial charge in [0, 0.05) is 76.5 Å². The van der Waals surface area contributed by atoms with Gasteiger partial charge in [0.25, 0.3) is 0 Å². The van der Waals surface area contributed by atoms with E-state index in [1.165, 1.54) is 145 Å². The molecule has 6 aliphatic rings. The third kappa shape index (κ3) is 7.29. The van der Waals surface area contributed by atoms with Gasteiger partial charge < -0.3 is 0 Å². The van der Waals surface area contributed by atoms with Gasteiger partial charge in [-0.05, 0) is 138 Å². The molecule has 12 heterocycles. The predicted octanol–water partition coefficient (Wildman–Crippen LogP) is 16.6. The van der Waals surface area contributed by atoms with E-state index >= 15 is 0 Å². The summed E-state index contributed by atoms with van der Waals surface area (Å²) in [6.45, 7) is 13.8. The first kappa shape index (κ1) is 55.3. The molecule has 0 bridgehead atoms. The molecule has 0 aliphatic carbocycles. The average Bonchev–Trinajstić information content (AvgIpc) is 1.53. The molecule has 6 nitrogen and oxygen atoms in total. The largest absolute Gasteiger partial charge is 0.418 e. The summed E-state index contributed by atoms with van der Waals surface area (Å²) in [5.41, 5.74) is 27.4. The Bertz CT molecular complexity index is 5730. The molecule has 0 fully saturated rings. The highest BCUT2D eigenvalue weighted by Gasteiger charge is 2.70. The zero-order valence-corrected chi connectivity index (χ0v) is 54.2. The van der Waals surface area contributed by atoms with Gasteiger partial charge in [-0.25, -0.2) is 0 Å². The summed E-state index contributed by atoms with van der Waals surface area (Å²) in [6, 6.07) is 107. The molecule has 0 saturated carbocycles. The van der Waals surface area contributed by atoms with Crippen molar-refractivity contribution in [3.05, 3.63) is 360 Å². The van der Waals surface area contributed by atoms with Gasteiger partial charge in [-0.15, -0.1) is 27.4 Å². The fraction of sp³-hybridized carbons (Fsp3) is 0.124. The van der Waals surface area contributed by atoms with Crippen molar-refractivity contribution in [3.8, 4) is 67.5 Å². The fourth-order valence-electron chi connectivity index (χ4n) is 17.4. The Morgan fingerprint density at radius 1 is 0.242 bits per heavy atom. The van der Waals surface area contributed by atoms with Crippen molar-refractivity contribution in [1.29, 1.82) is 0 Å². The lowest BCUT2D eigenvalue weighted by Crippen LogP contribution is -2.71. The maximum atomic E-state index is 2.58. The summed E-state index contributed by atoms with van der Waals surface area (Å²) < 4.78 is 15.2. The number of aromatic nitrogens is 6. The molecule has 0 radical (unpaired) electrons. The van der Waals surface area contributed by atoms with Crippen molar-refractivity contribution < 1.29 is 27.4 Å². The minimum absolute atomic E-state index is 0.0579. The number of pyridine rings is 6. The molecule has 0 saturated heterocycles. The average molecular weight is 1220 g/mol. The number of benzene rings is 9. The molecular weight excluding hydrogens is 1150 g/mol. The van der Waals surface area contributed by atoms with Crippen LogP contribution in [-0.4, -0.2) is 0 Å². The Hall–Kier alpha value is -11.3. The number of para-hydroxylation sites is 2. The van der Waals surface area contributed by atoms with Crippen LogP contribution >= 0.6 is 0 Å². The van der Waals surface area contributed by atoms with E-state index in [4.69, 9.17) is 0 Å². The second kappa shape index (κ2) is 19.8. The van der Waals surface area contributed by atoms with Crippen LogP contribution in [0.5, 0.6) is 0 Å². The summed E-state index contributed by atoms with van der Waals surface area (Å²) in [5.74, 6) is 0. The first-order valence-corrected chi connectivity index (χ1v) is 33.5. The normalized spacial score (nSPS) is 17.7. The van der Waals surface area contributed by atoms with Crippen molar-refractivity contribution in [2.75, 3.05) is 0 Å². The van der Waals surface area contributed by atoms with Gasteiger partial charge in [0.15, 0.2) is 24.8 Å². The Morgan fingerprint density at radius 2 is 0.589 bits per heavy atom. The second-order valence-corrected chi connectivity index (χ2v) is 28.4. The Morgan fingerprint density at radius 3 is 1.07 bits per heavy atom. The lowest BCUT2D eigenvalue weighted by Gasteiger charge is -2.21. The molecule has 3 unspecified atom stereocenters. The van der Waals surface area contributed by atoms with E-state index in [0.29, 0.717) is 0 Å². The van der Waals surface area contributed by atoms with Crippen molar-refractivity contribution in [2.45, 2.75) is 69.4 Å². The Balaban J connectivity index is 0.000000101. The van der Waals surface area contributed by atoms with Crippen LogP contribution in [0.3, 0.4) is 0 Å². The minimum atomic E-state index is -0.458. The van der Waals surface area contributed by atoms with Crippen molar-refractivity contribution >= 4 is 32.6 Å². The molecular formula is C89H70N6+6. The minimum Gasteiger partial charge on any atom is -0.126 e. The molecule has 6 aliphatic heterocycles. The molecule has 6 aromatic heterocycles. The number of nitrogens with zero attached hydrogens (tertiary/aromatic N) is 6. The quantitative estimate of drug-likeness (QED) is 0.135. The van der Waals surface area contributed by atoms with Gasteiger partial charge in [0.1, 0.15) is 33.4 Å². The van der Waals surface area contributed by atoms with Crippen LogP contribution in [0.15, 0.2) is 316 Å². The number of hydrogen-bond donors (Lipinski definition) is 0. The van der Waals surface area contributed by atoms with Crippen LogP contribution in [0.4, 0.5) is 0 Å². The molecule has 3 spiro atoms. The molecule has 0 N–H and O–H groups in total. The predicted molar refractivity (Wildman–Crippen MR) is 377 cm³/mol. The molecule has 6 heteroatoms. The molecule has 21 rings (SSSR count). The zero-order valence-electron chi connectivity index (χ0n) is 54.2. The third-order valence-corrected chi connectivity index (χ3v) is 21.5. The number of hydrogen-bond acceptors (Lipinski definition) is 0. The van der Waals surface area contributed by atoms with Gasteiger partial charge >= 0.3 is 17.0 Å². The molecule has 9 aromatic carbocycles. The van der Waals surface area contributed by atoms with Gasteiger partial charge in [0.2, 0.25) is 45.2 Å². The monoisotopic (exact) mass is 1220 g/mol. The lowest BCUT2D eigenvalue weighted by atomic mass is 9.87. The van der Waals surface area contributed by atoms with Crippen molar-refractivity contribution in [3.63, 3.8) is 0 Å². The standard InChI is InChI=1S/2C31H26N2.C27H18N2/c1-30(2,3)22-17-19-28-23-11-5-7-13-25(23)31(32(28)20-22)26-14-8-6-12-24(26)29-18-16-21-10-4-9-15-27(21)33(29)31;1-30(2,3)22-16-17-28-24-12-6-8-14-26(24)31(33(28)20-22)27-15-9-7-13-25(27)29-23-11-5-4-10-21(23)18-19-32(29)31;1-6-14-24-19(9-1)16-17-26-21-11-3-5-13-23(21)27(29(24)26)22-12-4-2-10-20(22)25-15-7-8-18-28(25)27/h2*4-20H,1-3H3;1-18H/q3*+2. The summed E-state index contributed by atoms with van der Waals surface area (Å²) in [5, 5.41) is 5.08. The van der Waals surface area contributed by atoms with E-state index in [0.717, 1.165) is 0 Å². The first-order valence-electron chi connectivity index (χ1n) is 33.5. The summed E-state index contributed by atoms with van der Waals surface area (Å²) >= 11 is 0. The lowest BCUT2D eigenvalue weighted by molar-refractivity contribution is -0.954. The molecule has 95 heavy (non-hydrogen) atoms. The van der Waals surface area contributed by atoms with Crippen LogP contribution in [-0.2, 0) is 27.8 Å². The van der Waals surface area contributed by atoms with Gasteiger partial charge in [-0.3, -0.25) is 0 Å². The first-order chi connectivity index (χ1) is 46.4. The van der Waals surface area contributed by atoms with Crippen molar-refractivity contribution in [1.82, 2.24) is 0 Å². The van der Waals surface area contributed by atoms with E-state index in [-0.39, 0.29) is 10.8 Å². The molecule has 450 valence electrons. The summed E-state index contributed by atoms with van der Waals surface area (Å²) in [7, 11) is 0. The maximum absolute atomic E-state index is 2.58. The van der Waals surface area contributed by atoms with Gasteiger partial charge in [-0.2, -0.15) is 0 Å². The summed E-state index contributed by atoms with van der Waals surface area (Å²) in [4.78, 5) is 0. The van der Waals surface area contributed by atoms with E-state index in [1.54, 1.807) is 0 Å². The van der Waals surface area contributed by atoms with E-state index in [9.17, 15) is 0 Å². The summed E-state index contributed by atoms with van der Waals surface area (Å²) in [6.07, 6.45) is 9.32. The highest BCUT2D eigenvalue weighted by atomic mass is 15.3. The zero-order chi connectivity index (χ0) is 63.7. The van der Waals surface area contributed by atoms with Gasteiger partial charge in [-0.1, -0.05) is 157 Å². The smallest absolute Gasteiger partial charge is 0.126 e. The Kier molecular flexibility index (Phi) is 11.6. The highest BCUT2D eigenvalue weighted by Crippen LogP contribution is 2.52. The van der Waals surface area contributed by atoms with E-state index < -0.39 is 17.0 Å². The maximum Gasteiger partial charge on any atom is 0.418 e. The van der Waals surface area contributed by atoms with Crippen molar-refractivity contribution in [2.24, 2.45) is 0 Å². The van der Waals surface area contributed by atoms with Crippen LogP contribution in [0, 0.1) is 0 Å². The number of rotatable bonds is 0. The van der Waals surface area contributed by atoms with Crippen LogP contribution < -0.4 is 27.4 Å². The van der Waals surface area contributed by atoms with Crippen LogP contribution in [0.25, 0.3) is 100 Å². The van der Waals surface area contributed by atoms with Gasteiger partial charge in [0.05, 0.1) is 38.8 Å². The van der Waals surface area contributed by atoms with E-state index in [1.807, 2.05) is 0 Å². The fourth-order valence-corrected chi connectivity index (χ4v) is 17.4. The molecule has 3 atom stereocenters. The van der Waals surface area contributed by atoms with Crippen LogP contribution in [0.2, 0.25) is 0 Å². The topological polar surface area (TPSA) is 23.3 Å². The van der Waals surface area contributed by atoms with Crippen LogP contribution in [0.1, 0.15) is 86.1 Å². The molecule has 0 amide bonds. The Labute approximate surface area is 554 Å². The second-order valence-electron chi connectivity index (χ2n) is 28.4. The number of fused-ring (bicyclic) bond motifs is 36. The van der Waals surface area contributed by atoms with E-state index in [2.05, 4.69) is 385 Å². The third-order valence-electron chi connectivity index (χ3n) is 21.5.